The molecule has 2 heterocycles. The van der Waals surface area contributed by atoms with Gasteiger partial charge in [0, 0.05) is 36.6 Å². The van der Waals surface area contributed by atoms with E-state index in [1.165, 1.54) is 16.2 Å². The SMILES string of the molecule is Cc1c(Cl)ccc2sc(N(CCCn3ccnc3)C(=O)c3ccc(F)cc3F)nc12. The Balaban J connectivity index is 1.69. The molecule has 2 aromatic heterocycles. The smallest absolute Gasteiger partial charge is 0.263 e. The van der Waals surface area contributed by atoms with E-state index >= 15 is 0 Å². The van der Waals surface area contributed by atoms with Gasteiger partial charge in [-0.3, -0.25) is 9.69 Å². The molecule has 0 fully saturated rings. The van der Waals surface area contributed by atoms with Crippen molar-refractivity contribution in [3.8, 4) is 0 Å². The minimum Gasteiger partial charge on any atom is -0.337 e. The number of thiazole rings is 1. The molecule has 0 atom stereocenters. The molecule has 9 heteroatoms. The number of carbonyl (C=O) groups excluding carboxylic acids is 1. The van der Waals surface area contributed by atoms with Crippen LogP contribution in [-0.2, 0) is 6.54 Å². The number of anilines is 1. The quantitative estimate of drug-likeness (QED) is 0.394. The van der Waals surface area contributed by atoms with Gasteiger partial charge in [0.05, 0.1) is 22.1 Å². The van der Waals surface area contributed by atoms with Crippen LogP contribution in [-0.4, -0.2) is 27.0 Å². The van der Waals surface area contributed by atoms with Gasteiger partial charge in [-0.1, -0.05) is 22.9 Å². The van der Waals surface area contributed by atoms with Crippen LogP contribution < -0.4 is 4.90 Å². The Morgan fingerprint density at radius 2 is 2.10 bits per heavy atom. The predicted molar refractivity (Wildman–Crippen MR) is 114 cm³/mol. The maximum absolute atomic E-state index is 14.3. The normalized spacial score (nSPS) is 11.2. The summed E-state index contributed by atoms with van der Waals surface area (Å²) < 4.78 is 30.4. The molecule has 0 saturated carbocycles. The third-order valence-corrected chi connectivity index (χ3v) is 6.18. The highest BCUT2D eigenvalue weighted by Gasteiger charge is 2.24. The molecule has 0 radical (unpaired) electrons. The lowest BCUT2D eigenvalue weighted by atomic mass is 10.1. The second-order valence-electron chi connectivity index (χ2n) is 6.75. The molecule has 0 aliphatic heterocycles. The first-order valence-corrected chi connectivity index (χ1v) is 10.4. The summed E-state index contributed by atoms with van der Waals surface area (Å²) in [7, 11) is 0. The van der Waals surface area contributed by atoms with Gasteiger partial charge in [-0.05, 0) is 43.2 Å². The first-order valence-electron chi connectivity index (χ1n) is 9.22. The van der Waals surface area contributed by atoms with Gasteiger partial charge < -0.3 is 4.57 Å². The van der Waals surface area contributed by atoms with Crippen molar-refractivity contribution < 1.29 is 13.6 Å². The monoisotopic (exact) mass is 446 g/mol. The Labute approximate surface area is 180 Å². The van der Waals surface area contributed by atoms with Gasteiger partial charge in [-0.25, -0.2) is 18.7 Å². The number of nitrogens with zero attached hydrogens (tertiary/aromatic N) is 4. The molecule has 4 aromatic rings. The van der Waals surface area contributed by atoms with E-state index in [1.807, 2.05) is 23.8 Å². The molecule has 0 aliphatic carbocycles. The van der Waals surface area contributed by atoms with Crippen molar-refractivity contribution in [3.05, 3.63) is 76.8 Å². The average molecular weight is 447 g/mol. The van der Waals surface area contributed by atoms with E-state index in [9.17, 15) is 13.6 Å². The first-order chi connectivity index (χ1) is 14.4. The van der Waals surface area contributed by atoms with E-state index in [-0.39, 0.29) is 5.56 Å². The third-order valence-electron chi connectivity index (χ3n) is 4.73. The molecule has 0 aliphatic rings. The summed E-state index contributed by atoms with van der Waals surface area (Å²) in [6, 6.07) is 6.57. The van der Waals surface area contributed by atoms with Gasteiger partial charge in [0.25, 0.3) is 5.91 Å². The zero-order valence-corrected chi connectivity index (χ0v) is 17.6. The van der Waals surface area contributed by atoms with Crippen LogP contribution in [0.2, 0.25) is 5.02 Å². The van der Waals surface area contributed by atoms with Crippen molar-refractivity contribution in [3.63, 3.8) is 0 Å². The number of hydrogen-bond donors (Lipinski definition) is 0. The number of carbonyl (C=O) groups is 1. The molecule has 0 spiro atoms. The minimum atomic E-state index is -0.903. The van der Waals surface area contributed by atoms with Crippen LogP contribution in [0.4, 0.5) is 13.9 Å². The van der Waals surface area contributed by atoms with Crippen LogP contribution in [0, 0.1) is 18.6 Å². The number of benzene rings is 2. The molecule has 30 heavy (non-hydrogen) atoms. The van der Waals surface area contributed by atoms with Crippen LogP contribution in [0.1, 0.15) is 22.3 Å². The lowest BCUT2D eigenvalue weighted by molar-refractivity contribution is 0.0982. The van der Waals surface area contributed by atoms with Crippen molar-refractivity contribution >= 4 is 44.2 Å². The van der Waals surface area contributed by atoms with Crippen molar-refractivity contribution in [2.24, 2.45) is 0 Å². The van der Waals surface area contributed by atoms with E-state index < -0.39 is 17.5 Å². The summed E-state index contributed by atoms with van der Waals surface area (Å²) in [6.07, 6.45) is 5.79. The zero-order valence-electron chi connectivity index (χ0n) is 16.0. The highest BCUT2D eigenvalue weighted by Crippen LogP contribution is 2.34. The van der Waals surface area contributed by atoms with Crippen molar-refractivity contribution in [1.29, 1.82) is 0 Å². The van der Waals surface area contributed by atoms with E-state index in [4.69, 9.17) is 11.6 Å². The molecular weight excluding hydrogens is 430 g/mol. The fourth-order valence-electron chi connectivity index (χ4n) is 3.13. The Kier molecular flexibility index (Phi) is 5.78. The molecule has 0 saturated heterocycles. The van der Waals surface area contributed by atoms with Crippen molar-refractivity contribution in [2.75, 3.05) is 11.4 Å². The Bertz CT molecular complexity index is 1210. The van der Waals surface area contributed by atoms with Crippen molar-refractivity contribution in [1.82, 2.24) is 14.5 Å². The number of fused-ring (bicyclic) bond motifs is 1. The lowest BCUT2D eigenvalue weighted by Crippen LogP contribution is -2.33. The lowest BCUT2D eigenvalue weighted by Gasteiger charge is -2.20. The summed E-state index contributed by atoms with van der Waals surface area (Å²) >= 11 is 7.53. The molecular formula is C21H17ClF2N4OS. The van der Waals surface area contributed by atoms with Gasteiger partial charge in [0.15, 0.2) is 5.13 Å². The van der Waals surface area contributed by atoms with Crippen LogP contribution in [0.25, 0.3) is 10.2 Å². The largest absolute Gasteiger partial charge is 0.337 e. The summed E-state index contributed by atoms with van der Waals surface area (Å²) in [4.78, 5) is 23.2. The highest BCUT2D eigenvalue weighted by molar-refractivity contribution is 7.22. The maximum Gasteiger partial charge on any atom is 0.263 e. The molecule has 0 unspecified atom stereocenters. The first kappa shape index (κ1) is 20.4. The summed E-state index contributed by atoms with van der Waals surface area (Å²) in [5, 5.41) is 1.02. The van der Waals surface area contributed by atoms with Gasteiger partial charge in [-0.2, -0.15) is 0 Å². The summed E-state index contributed by atoms with van der Waals surface area (Å²) in [5.74, 6) is -2.21. The molecule has 1 amide bonds. The summed E-state index contributed by atoms with van der Waals surface area (Å²) in [5.41, 5.74) is 1.32. The number of imidazole rings is 1. The number of aryl methyl sites for hydroxylation is 2. The van der Waals surface area contributed by atoms with Crippen LogP contribution in [0.15, 0.2) is 49.1 Å². The van der Waals surface area contributed by atoms with E-state index in [0.29, 0.717) is 41.2 Å². The van der Waals surface area contributed by atoms with E-state index in [0.717, 1.165) is 22.4 Å². The van der Waals surface area contributed by atoms with Crippen LogP contribution >= 0.6 is 22.9 Å². The number of rotatable bonds is 6. The van der Waals surface area contributed by atoms with Gasteiger partial charge in [0.1, 0.15) is 11.6 Å². The van der Waals surface area contributed by atoms with Gasteiger partial charge in [0.2, 0.25) is 0 Å². The van der Waals surface area contributed by atoms with E-state index in [1.54, 1.807) is 18.6 Å². The zero-order chi connectivity index (χ0) is 21.3. The topological polar surface area (TPSA) is 51.0 Å². The molecule has 4 rings (SSSR count). The molecule has 5 nitrogen and oxygen atoms in total. The third kappa shape index (κ3) is 4.06. The van der Waals surface area contributed by atoms with Gasteiger partial charge in [-0.15, -0.1) is 0 Å². The molecule has 0 N–H and O–H groups in total. The highest BCUT2D eigenvalue weighted by atomic mass is 35.5. The standard InChI is InChI=1S/C21H17ClF2N4OS/c1-13-16(22)5-6-18-19(13)26-21(30-18)28(9-2-8-27-10-7-25-12-27)20(29)15-4-3-14(23)11-17(15)24/h3-7,10-12H,2,8-9H2,1H3. The molecule has 0 bridgehead atoms. The van der Waals surface area contributed by atoms with Gasteiger partial charge >= 0.3 is 0 Å². The maximum atomic E-state index is 14.3. The number of aromatic nitrogens is 3. The Morgan fingerprint density at radius 3 is 2.83 bits per heavy atom. The molecule has 154 valence electrons. The average Bonchev–Trinajstić information content (AvgIpc) is 3.38. The second kappa shape index (κ2) is 8.49. The van der Waals surface area contributed by atoms with Crippen LogP contribution in [0.3, 0.4) is 0 Å². The Morgan fingerprint density at radius 1 is 1.27 bits per heavy atom. The predicted octanol–water partition coefficient (Wildman–Crippen LogP) is 5.47. The number of halogens is 3. The van der Waals surface area contributed by atoms with Crippen molar-refractivity contribution in [2.45, 2.75) is 19.9 Å². The number of hydrogen-bond acceptors (Lipinski definition) is 4. The van der Waals surface area contributed by atoms with Crippen LogP contribution in [0.5, 0.6) is 0 Å². The Hall–Kier alpha value is -2.84. The summed E-state index contributed by atoms with van der Waals surface area (Å²) in [6.45, 7) is 2.80. The fraction of sp³-hybridized carbons (Fsp3) is 0.190. The number of amides is 1. The minimum absolute atomic E-state index is 0.201. The second-order valence-corrected chi connectivity index (χ2v) is 8.17. The molecule has 2 aromatic carbocycles. The van der Waals surface area contributed by atoms with E-state index in [2.05, 4.69) is 9.97 Å². The fourth-order valence-corrected chi connectivity index (χ4v) is 4.33.